The molecule has 190 valence electrons. The number of sulfonamides is 1. The standard InChI is InChI=1S/C24H38N4O5S/c1-7-12-25-24(30)27(6)16-22-18(2)15-28(19(3)17-29)34(31,32)23-11-10-20(14-21(23)33-22)9-8-13-26(4)5/h10-11,14,18-19,22,29H,7,12-13,15-17H2,1-6H3,(H,25,30)/t18-,19-,22-/m1/s1. The van der Waals surface area contributed by atoms with Crippen molar-refractivity contribution < 1.29 is 23.1 Å². The highest BCUT2D eigenvalue weighted by atomic mass is 32.2. The van der Waals surface area contributed by atoms with Crippen LogP contribution in [0.25, 0.3) is 0 Å². The quantitative estimate of drug-likeness (QED) is 0.556. The van der Waals surface area contributed by atoms with E-state index in [2.05, 4.69) is 17.2 Å². The van der Waals surface area contributed by atoms with E-state index in [9.17, 15) is 18.3 Å². The normalized spacial score (nSPS) is 20.7. The first kappa shape index (κ1) is 27.9. The average Bonchev–Trinajstić information content (AvgIpc) is 2.78. The lowest BCUT2D eigenvalue weighted by Gasteiger charge is -2.37. The zero-order valence-electron chi connectivity index (χ0n) is 21.0. The largest absolute Gasteiger partial charge is 0.487 e. The van der Waals surface area contributed by atoms with Crippen molar-refractivity contribution in [1.29, 1.82) is 0 Å². The Balaban J connectivity index is 2.48. The second-order valence-corrected chi connectivity index (χ2v) is 10.9. The summed E-state index contributed by atoms with van der Waals surface area (Å²) >= 11 is 0. The van der Waals surface area contributed by atoms with Crippen LogP contribution in [-0.4, -0.2) is 99.7 Å². The lowest BCUT2D eigenvalue weighted by atomic mass is 10.0. The van der Waals surface area contributed by atoms with Crippen LogP contribution in [0.1, 0.15) is 32.8 Å². The number of rotatable bonds is 7. The molecular weight excluding hydrogens is 456 g/mol. The van der Waals surface area contributed by atoms with Gasteiger partial charge in [0.2, 0.25) is 10.0 Å². The van der Waals surface area contributed by atoms with Gasteiger partial charge in [0.15, 0.2) is 0 Å². The van der Waals surface area contributed by atoms with E-state index in [1.165, 1.54) is 10.4 Å². The first-order valence-electron chi connectivity index (χ1n) is 11.6. The molecule has 0 bridgehead atoms. The zero-order valence-corrected chi connectivity index (χ0v) is 21.9. The lowest BCUT2D eigenvalue weighted by molar-refractivity contribution is 0.0812. The minimum Gasteiger partial charge on any atom is -0.487 e. The van der Waals surface area contributed by atoms with Crippen LogP contribution in [0.4, 0.5) is 4.79 Å². The number of benzene rings is 1. The predicted octanol–water partition coefficient (Wildman–Crippen LogP) is 1.42. The number of ether oxygens (including phenoxy) is 1. The van der Waals surface area contributed by atoms with Crippen molar-refractivity contribution in [2.75, 3.05) is 53.9 Å². The predicted molar refractivity (Wildman–Crippen MR) is 132 cm³/mol. The Labute approximate surface area is 204 Å². The number of hydrogen-bond donors (Lipinski definition) is 2. The number of likely N-dealkylation sites (N-methyl/N-ethyl adjacent to an activating group) is 1. The number of aliphatic hydroxyl groups excluding tert-OH is 1. The van der Waals surface area contributed by atoms with Crippen molar-refractivity contribution in [3.63, 3.8) is 0 Å². The van der Waals surface area contributed by atoms with Crippen LogP contribution in [0, 0.1) is 17.8 Å². The molecule has 0 aromatic heterocycles. The van der Waals surface area contributed by atoms with Gasteiger partial charge in [-0.25, -0.2) is 13.2 Å². The van der Waals surface area contributed by atoms with Crippen molar-refractivity contribution >= 4 is 16.1 Å². The maximum atomic E-state index is 13.5. The average molecular weight is 495 g/mol. The summed E-state index contributed by atoms with van der Waals surface area (Å²) in [7, 11) is 1.61. The van der Waals surface area contributed by atoms with Gasteiger partial charge in [0.05, 0.1) is 19.7 Å². The summed E-state index contributed by atoms with van der Waals surface area (Å²) in [5, 5.41) is 12.6. The lowest BCUT2D eigenvalue weighted by Crippen LogP contribution is -2.51. The van der Waals surface area contributed by atoms with Gasteiger partial charge < -0.3 is 20.1 Å². The number of carbonyl (C=O) groups excluding carboxylic acids is 1. The van der Waals surface area contributed by atoms with Crippen LogP contribution in [-0.2, 0) is 10.0 Å². The molecule has 0 aliphatic carbocycles. The Morgan fingerprint density at radius 2 is 2.06 bits per heavy atom. The SMILES string of the molecule is CCCNC(=O)N(C)C[C@H]1Oc2cc(C#CCN(C)C)ccc2S(=O)(=O)N([C@H](C)CO)C[C@H]1C. The molecule has 10 heteroatoms. The van der Waals surface area contributed by atoms with Gasteiger partial charge in [0, 0.05) is 37.7 Å². The van der Waals surface area contributed by atoms with Crippen LogP contribution >= 0.6 is 0 Å². The Morgan fingerprint density at radius 3 is 2.68 bits per heavy atom. The van der Waals surface area contributed by atoms with Crippen molar-refractivity contribution in [1.82, 2.24) is 19.4 Å². The third kappa shape index (κ3) is 7.09. The molecule has 1 heterocycles. The third-order valence-corrected chi connectivity index (χ3v) is 7.64. The maximum absolute atomic E-state index is 13.5. The fraction of sp³-hybridized carbons (Fsp3) is 0.625. The molecule has 1 aromatic rings. The highest BCUT2D eigenvalue weighted by Crippen LogP contribution is 2.34. The summed E-state index contributed by atoms with van der Waals surface area (Å²) in [5.41, 5.74) is 0.638. The molecule has 0 saturated heterocycles. The second kappa shape index (κ2) is 12.4. The Bertz CT molecular complexity index is 1000. The molecule has 0 saturated carbocycles. The van der Waals surface area contributed by atoms with E-state index in [4.69, 9.17) is 4.74 Å². The first-order valence-corrected chi connectivity index (χ1v) is 13.0. The minimum atomic E-state index is -3.92. The van der Waals surface area contributed by atoms with Crippen LogP contribution in [0.3, 0.4) is 0 Å². The van der Waals surface area contributed by atoms with Gasteiger partial charge in [0.1, 0.15) is 16.7 Å². The number of amides is 2. The van der Waals surface area contributed by atoms with Crippen LogP contribution < -0.4 is 10.1 Å². The van der Waals surface area contributed by atoms with Crippen molar-refractivity contribution in [3.05, 3.63) is 23.8 Å². The molecule has 2 N–H and O–H groups in total. The molecular formula is C24H38N4O5S. The van der Waals surface area contributed by atoms with Gasteiger partial charge in [0.25, 0.3) is 0 Å². The van der Waals surface area contributed by atoms with Crippen LogP contribution in [0.2, 0.25) is 0 Å². The number of nitrogens with one attached hydrogen (secondary N) is 1. The van der Waals surface area contributed by atoms with Gasteiger partial charge in [-0.3, -0.25) is 4.90 Å². The van der Waals surface area contributed by atoms with E-state index in [0.29, 0.717) is 18.7 Å². The number of hydrogen-bond acceptors (Lipinski definition) is 6. The molecule has 1 aliphatic rings. The summed E-state index contributed by atoms with van der Waals surface area (Å²) in [6, 6.07) is 3.99. The number of aliphatic hydroxyl groups is 1. The summed E-state index contributed by atoms with van der Waals surface area (Å²) in [5.74, 6) is 6.05. The Hall–Kier alpha value is -2.32. The van der Waals surface area contributed by atoms with Crippen molar-refractivity contribution in [2.45, 2.75) is 44.2 Å². The first-order chi connectivity index (χ1) is 16.0. The number of nitrogens with zero attached hydrogens (tertiary/aromatic N) is 3. The summed E-state index contributed by atoms with van der Waals surface area (Å²) in [6.45, 7) is 6.80. The summed E-state index contributed by atoms with van der Waals surface area (Å²) in [6.07, 6.45) is 0.359. The molecule has 1 aliphatic heterocycles. The molecule has 2 rings (SSSR count). The monoisotopic (exact) mass is 494 g/mol. The van der Waals surface area contributed by atoms with Gasteiger partial charge in [-0.2, -0.15) is 4.31 Å². The van der Waals surface area contributed by atoms with E-state index >= 15 is 0 Å². The molecule has 2 amide bonds. The third-order valence-electron chi connectivity index (χ3n) is 5.62. The molecule has 3 atom stereocenters. The molecule has 0 unspecified atom stereocenters. The van der Waals surface area contributed by atoms with E-state index in [0.717, 1.165) is 6.42 Å². The zero-order chi connectivity index (χ0) is 25.5. The van der Waals surface area contributed by atoms with E-state index in [1.807, 2.05) is 32.8 Å². The topological polar surface area (TPSA) is 102 Å². The number of urea groups is 1. The second-order valence-electron chi connectivity index (χ2n) is 9.05. The smallest absolute Gasteiger partial charge is 0.317 e. The van der Waals surface area contributed by atoms with Crippen LogP contribution in [0.15, 0.2) is 23.1 Å². The highest BCUT2D eigenvalue weighted by molar-refractivity contribution is 7.89. The van der Waals surface area contributed by atoms with Gasteiger partial charge in [-0.15, -0.1) is 0 Å². The molecule has 34 heavy (non-hydrogen) atoms. The van der Waals surface area contributed by atoms with E-state index in [1.54, 1.807) is 31.0 Å². The summed E-state index contributed by atoms with van der Waals surface area (Å²) < 4.78 is 34.6. The Kier molecular flexibility index (Phi) is 10.2. The maximum Gasteiger partial charge on any atom is 0.317 e. The highest BCUT2D eigenvalue weighted by Gasteiger charge is 2.38. The van der Waals surface area contributed by atoms with Crippen LogP contribution in [0.5, 0.6) is 5.75 Å². The number of fused-ring (bicyclic) bond motifs is 1. The van der Waals surface area contributed by atoms with Gasteiger partial charge in [-0.05, 0) is 45.6 Å². The van der Waals surface area contributed by atoms with Gasteiger partial charge >= 0.3 is 6.03 Å². The molecule has 0 fully saturated rings. The molecule has 9 nitrogen and oxygen atoms in total. The summed E-state index contributed by atoms with van der Waals surface area (Å²) in [4.78, 5) is 15.9. The number of carbonyl (C=O) groups is 1. The van der Waals surface area contributed by atoms with E-state index in [-0.39, 0.29) is 42.3 Å². The molecule has 0 spiro atoms. The minimum absolute atomic E-state index is 0.0287. The van der Waals surface area contributed by atoms with Crippen molar-refractivity contribution in [2.24, 2.45) is 5.92 Å². The fourth-order valence-corrected chi connectivity index (χ4v) is 5.37. The van der Waals surface area contributed by atoms with E-state index < -0.39 is 22.2 Å². The Morgan fingerprint density at radius 1 is 1.35 bits per heavy atom. The molecule has 1 aromatic carbocycles. The molecule has 0 radical (unpaired) electrons. The van der Waals surface area contributed by atoms with Gasteiger partial charge in [-0.1, -0.05) is 25.7 Å². The van der Waals surface area contributed by atoms with Crippen molar-refractivity contribution in [3.8, 4) is 17.6 Å². The fourth-order valence-electron chi connectivity index (χ4n) is 3.54.